The molecule has 0 aliphatic rings. The largest absolute Gasteiger partial charge is 0.311 e. The molecule has 0 amide bonds. The summed E-state index contributed by atoms with van der Waals surface area (Å²) >= 11 is 7.17. The monoisotopic (exact) mass is 731 g/mol. The van der Waals surface area contributed by atoms with E-state index in [1.807, 2.05) is 0 Å². The molecule has 226 valence electrons. The fraction of sp³-hybridized carbons (Fsp3) is 0. The van der Waals surface area contributed by atoms with Gasteiger partial charge in [-0.1, -0.05) is 159 Å². The number of benzene rings is 7. The standard InChI is InChI=1S/C44H31Br2N/c45-38-22-28-41(29-23-38)47(42-30-24-39(46)25-31-42)40-26-20-33(21-27-40)32-16-18-37(19-17-32)44(36-14-8-3-9-15-36)43(34-10-4-1-5-11-34)35-12-6-2-7-13-35/h1-31H. The zero-order valence-electron chi connectivity index (χ0n) is 25.6. The lowest BCUT2D eigenvalue weighted by atomic mass is 9.85. The van der Waals surface area contributed by atoms with Gasteiger partial charge in [0.05, 0.1) is 0 Å². The maximum absolute atomic E-state index is 3.58. The summed E-state index contributed by atoms with van der Waals surface area (Å²) in [4.78, 5) is 2.28. The van der Waals surface area contributed by atoms with Crippen LogP contribution in [0.15, 0.2) is 197 Å². The van der Waals surface area contributed by atoms with E-state index in [0.717, 1.165) is 26.0 Å². The molecule has 7 aromatic carbocycles. The molecule has 7 rings (SSSR count). The number of hydrogen-bond acceptors (Lipinski definition) is 1. The molecule has 0 fully saturated rings. The maximum Gasteiger partial charge on any atom is 0.0462 e. The molecule has 0 aliphatic carbocycles. The second-order valence-corrected chi connectivity index (χ2v) is 13.1. The van der Waals surface area contributed by atoms with Crippen LogP contribution in [0.3, 0.4) is 0 Å². The minimum Gasteiger partial charge on any atom is -0.311 e. The van der Waals surface area contributed by atoms with Crippen molar-refractivity contribution in [3.05, 3.63) is 219 Å². The van der Waals surface area contributed by atoms with Gasteiger partial charge in [0.2, 0.25) is 0 Å². The zero-order valence-corrected chi connectivity index (χ0v) is 28.8. The van der Waals surface area contributed by atoms with Crippen molar-refractivity contribution < 1.29 is 0 Å². The van der Waals surface area contributed by atoms with E-state index in [9.17, 15) is 0 Å². The van der Waals surface area contributed by atoms with Crippen molar-refractivity contribution in [3.63, 3.8) is 0 Å². The second-order valence-electron chi connectivity index (χ2n) is 11.3. The van der Waals surface area contributed by atoms with E-state index in [1.54, 1.807) is 0 Å². The topological polar surface area (TPSA) is 3.24 Å². The first-order valence-corrected chi connectivity index (χ1v) is 17.2. The van der Waals surface area contributed by atoms with Gasteiger partial charge in [0.15, 0.2) is 0 Å². The van der Waals surface area contributed by atoms with Crippen molar-refractivity contribution >= 4 is 60.1 Å². The summed E-state index contributed by atoms with van der Waals surface area (Å²) in [5.41, 5.74) is 12.8. The highest BCUT2D eigenvalue weighted by atomic mass is 79.9. The van der Waals surface area contributed by atoms with Crippen LogP contribution in [0.5, 0.6) is 0 Å². The third-order valence-electron chi connectivity index (χ3n) is 8.24. The van der Waals surface area contributed by atoms with E-state index in [1.165, 1.54) is 44.5 Å². The molecule has 0 saturated carbocycles. The fourth-order valence-corrected chi connectivity index (χ4v) is 6.51. The van der Waals surface area contributed by atoms with Crippen LogP contribution in [0.25, 0.3) is 22.3 Å². The molecule has 1 nitrogen and oxygen atoms in total. The van der Waals surface area contributed by atoms with Gasteiger partial charge in [-0.25, -0.2) is 0 Å². The summed E-state index contributed by atoms with van der Waals surface area (Å²) in [6.07, 6.45) is 0. The van der Waals surface area contributed by atoms with Gasteiger partial charge < -0.3 is 4.90 Å². The van der Waals surface area contributed by atoms with Crippen molar-refractivity contribution in [1.82, 2.24) is 0 Å². The Hall–Kier alpha value is -4.96. The molecule has 0 saturated heterocycles. The summed E-state index contributed by atoms with van der Waals surface area (Å²) in [5.74, 6) is 0. The molecule has 0 N–H and O–H groups in total. The first kappa shape index (κ1) is 30.7. The van der Waals surface area contributed by atoms with Gasteiger partial charge in [-0.3, -0.25) is 0 Å². The van der Waals surface area contributed by atoms with Crippen LogP contribution in [-0.4, -0.2) is 0 Å². The zero-order chi connectivity index (χ0) is 32.0. The van der Waals surface area contributed by atoms with Crippen LogP contribution in [0.1, 0.15) is 22.3 Å². The van der Waals surface area contributed by atoms with Crippen LogP contribution < -0.4 is 4.90 Å². The molecule has 0 spiro atoms. The quantitative estimate of drug-likeness (QED) is 0.141. The fourth-order valence-electron chi connectivity index (χ4n) is 5.98. The Morgan fingerprint density at radius 1 is 0.298 bits per heavy atom. The number of nitrogens with zero attached hydrogens (tertiary/aromatic N) is 1. The van der Waals surface area contributed by atoms with Gasteiger partial charge in [0, 0.05) is 26.0 Å². The average molecular weight is 734 g/mol. The number of anilines is 3. The van der Waals surface area contributed by atoms with Gasteiger partial charge in [-0.2, -0.15) is 0 Å². The molecule has 0 heterocycles. The van der Waals surface area contributed by atoms with Crippen LogP contribution in [0, 0.1) is 0 Å². The Kier molecular flexibility index (Phi) is 9.28. The highest BCUT2D eigenvalue weighted by Crippen LogP contribution is 2.39. The molecule has 0 radical (unpaired) electrons. The Morgan fingerprint density at radius 2 is 0.574 bits per heavy atom. The lowest BCUT2D eigenvalue weighted by Gasteiger charge is -2.26. The molecule has 0 atom stereocenters. The molecule has 0 unspecified atom stereocenters. The molecule has 3 heteroatoms. The van der Waals surface area contributed by atoms with Gasteiger partial charge in [-0.15, -0.1) is 0 Å². The minimum atomic E-state index is 1.06. The van der Waals surface area contributed by atoms with Crippen molar-refractivity contribution in [2.45, 2.75) is 0 Å². The van der Waals surface area contributed by atoms with E-state index in [2.05, 4.69) is 225 Å². The van der Waals surface area contributed by atoms with Crippen LogP contribution in [0.4, 0.5) is 17.1 Å². The molecular weight excluding hydrogens is 702 g/mol. The molecule has 47 heavy (non-hydrogen) atoms. The highest BCUT2D eigenvalue weighted by molar-refractivity contribution is 9.10. The number of halogens is 2. The van der Waals surface area contributed by atoms with E-state index in [0.29, 0.717) is 0 Å². The Bertz CT molecular complexity index is 2000. The maximum atomic E-state index is 3.58. The summed E-state index contributed by atoms with van der Waals surface area (Å²) in [5, 5.41) is 0. The van der Waals surface area contributed by atoms with Crippen molar-refractivity contribution in [2.75, 3.05) is 4.90 Å². The van der Waals surface area contributed by atoms with Crippen molar-refractivity contribution in [3.8, 4) is 11.1 Å². The Balaban J connectivity index is 1.28. The molecule has 7 aromatic rings. The van der Waals surface area contributed by atoms with Gasteiger partial charge >= 0.3 is 0 Å². The molecular formula is C44H31Br2N. The second kappa shape index (κ2) is 14.2. The first-order chi connectivity index (χ1) is 23.1. The highest BCUT2D eigenvalue weighted by Gasteiger charge is 2.17. The van der Waals surface area contributed by atoms with Gasteiger partial charge in [0.1, 0.15) is 0 Å². The molecule has 0 bridgehead atoms. The average Bonchev–Trinajstić information content (AvgIpc) is 3.14. The lowest BCUT2D eigenvalue weighted by Crippen LogP contribution is -2.09. The van der Waals surface area contributed by atoms with Gasteiger partial charge in [-0.05, 0) is 105 Å². The predicted molar refractivity (Wildman–Crippen MR) is 206 cm³/mol. The first-order valence-electron chi connectivity index (χ1n) is 15.6. The SMILES string of the molecule is Brc1ccc(N(c2ccc(Br)cc2)c2ccc(-c3ccc(C(=C(c4ccccc4)c4ccccc4)c4ccccc4)cc3)cc2)cc1. The van der Waals surface area contributed by atoms with Crippen LogP contribution >= 0.6 is 31.9 Å². The summed E-state index contributed by atoms with van der Waals surface area (Å²) < 4.78 is 2.11. The van der Waals surface area contributed by atoms with Crippen LogP contribution in [0.2, 0.25) is 0 Å². The predicted octanol–water partition coefficient (Wildman–Crippen LogP) is 13.4. The van der Waals surface area contributed by atoms with Crippen molar-refractivity contribution in [2.24, 2.45) is 0 Å². The normalized spacial score (nSPS) is 10.8. The van der Waals surface area contributed by atoms with E-state index in [-0.39, 0.29) is 0 Å². The van der Waals surface area contributed by atoms with Crippen molar-refractivity contribution in [1.29, 1.82) is 0 Å². The Morgan fingerprint density at radius 3 is 0.915 bits per heavy atom. The van der Waals surface area contributed by atoms with Crippen LogP contribution in [-0.2, 0) is 0 Å². The smallest absolute Gasteiger partial charge is 0.0462 e. The number of rotatable bonds is 8. The van der Waals surface area contributed by atoms with E-state index in [4.69, 9.17) is 0 Å². The summed E-state index contributed by atoms with van der Waals surface area (Å²) in [6, 6.07) is 66.8. The number of hydrogen-bond donors (Lipinski definition) is 0. The molecule has 0 aliphatic heterocycles. The molecule has 0 aromatic heterocycles. The third-order valence-corrected chi connectivity index (χ3v) is 9.30. The summed E-state index contributed by atoms with van der Waals surface area (Å²) in [7, 11) is 0. The Labute approximate surface area is 293 Å². The third kappa shape index (κ3) is 6.92. The summed E-state index contributed by atoms with van der Waals surface area (Å²) in [6.45, 7) is 0. The van der Waals surface area contributed by atoms with Gasteiger partial charge in [0.25, 0.3) is 0 Å². The minimum absolute atomic E-state index is 1.06. The van der Waals surface area contributed by atoms with E-state index >= 15 is 0 Å². The van der Waals surface area contributed by atoms with E-state index < -0.39 is 0 Å². The lowest BCUT2D eigenvalue weighted by molar-refractivity contribution is 1.28.